The molecular weight excluding hydrogens is 250 g/mol. The van der Waals surface area contributed by atoms with Crippen molar-refractivity contribution >= 4 is 29.3 Å². The van der Waals surface area contributed by atoms with Crippen LogP contribution >= 0.6 is 11.8 Å². The van der Waals surface area contributed by atoms with Crippen LogP contribution in [0.4, 0.5) is 5.69 Å². The molecule has 0 atom stereocenters. The van der Waals surface area contributed by atoms with Crippen LogP contribution in [0, 0.1) is 5.41 Å². The highest BCUT2D eigenvalue weighted by atomic mass is 32.2. The average molecular weight is 263 g/mol. The first-order valence-corrected chi connectivity index (χ1v) is 6.80. The second-order valence-corrected chi connectivity index (χ2v) is 5.74. The van der Waals surface area contributed by atoms with E-state index in [1.54, 1.807) is 30.0 Å². The molecule has 1 fully saturated rings. The lowest BCUT2D eigenvalue weighted by Gasteiger charge is -2.09. The molecule has 1 aromatic carbocycles. The summed E-state index contributed by atoms with van der Waals surface area (Å²) >= 11 is 1.63. The van der Waals surface area contributed by atoms with Crippen molar-refractivity contribution in [1.82, 2.24) is 0 Å². The molecule has 18 heavy (non-hydrogen) atoms. The summed E-state index contributed by atoms with van der Waals surface area (Å²) in [5.41, 5.74) is 1.14. The predicted molar refractivity (Wildman–Crippen MR) is 68.8 cm³/mol. The Morgan fingerprint density at radius 1 is 1.44 bits per heavy atom. The molecule has 5 heteroatoms. The fraction of sp³-hybridized carbons (Fsp3) is 0.385. The Labute approximate surface area is 109 Å². The Bertz CT molecular complexity index is 537. The van der Waals surface area contributed by atoms with Gasteiger partial charge in [-0.1, -0.05) is 0 Å². The molecule has 0 radical (unpaired) electrons. The maximum atomic E-state index is 12.0. The summed E-state index contributed by atoms with van der Waals surface area (Å²) in [6, 6.07) is 5.23. The number of ether oxygens (including phenoxy) is 1. The van der Waals surface area contributed by atoms with Crippen LogP contribution in [0.3, 0.4) is 0 Å². The van der Waals surface area contributed by atoms with E-state index in [9.17, 15) is 9.59 Å². The Kier molecular flexibility index (Phi) is 2.59. The van der Waals surface area contributed by atoms with Gasteiger partial charge in [-0.3, -0.25) is 4.79 Å². The van der Waals surface area contributed by atoms with Gasteiger partial charge in [0, 0.05) is 10.6 Å². The minimum absolute atomic E-state index is 0.111. The first-order valence-electron chi connectivity index (χ1n) is 5.81. The molecule has 0 bridgehead atoms. The summed E-state index contributed by atoms with van der Waals surface area (Å²) in [4.78, 5) is 24.4. The summed E-state index contributed by atoms with van der Waals surface area (Å²) in [6.07, 6.45) is 1.92. The van der Waals surface area contributed by atoms with E-state index in [4.69, 9.17) is 4.74 Å². The van der Waals surface area contributed by atoms with Crippen molar-refractivity contribution < 1.29 is 14.3 Å². The number of amides is 1. The lowest BCUT2D eigenvalue weighted by Crippen LogP contribution is -2.24. The van der Waals surface area contributed by atoms with Crippen LogP contribution in [-0.4, -0.2) is 24.7 Å². The Hall–Kier alpha value is -1.49. The smallest absolute Gasteiger partial charge is 0.337 e. The van der Waals surface area contributed by atoms with Gasteiger partial charge >= 0.3 is 5.97 Å². The van der Waals surface area contributed by atoms with E-state index in [-0.39, 0.29) is 17.3 Å². The molecule has 1 aliphatic heterocycles. The highest BCUT2D eigenvalue weighted by molar-refractivity contribution is 7.99. The second-order valence-electron chi connectivity index (χ2n) is 4.73. The number of anilines is 1. The number of rotatable bonds is 1. The topological polar surface area (TPSA) is 55.4 Å². The summed E-state index contributed by atoms with van der Waals surface area (Å²) in [5, 5.41) is 2.95. The Balaban J connectivity index is 1.94. The maximum absolute atomic E-state index is 12.0. The third kappa shape index (κ3) is 1.79. The fourth-order valence-corrected chi connectivity index (χ4v) is 3.38. The standard InChI is InChI=1S/C13H13NO3S/c1-17-11(15)8-2-3-9-10(6-8)18-7-13(4-5-13)12(16)14-9/h2-3,6H,4-5,7H2,1H3,(H,14,16). The van der Waals surface area contributed by atoms with Crippen molar-refractivity contribution in [2.75, 3.05) is 18.2 Å². The van der Waals surface area contributed by atoms with E-state index < -0.39 is 0 Å². The van der Waals surface area contributed by atoms with Crippen LogP contribution in [0.2, 0.25) is 0 Å². The van der Waals surface area contributed by atoms with E-state index >= 15 is 0 Å². The molecule has 0 unspecified atom stereocenters. The van der Waals surface area contributed by atoms with E-state index in [1.165, 1.54) is 7.11 Å². The van der Waals surface area contributed by atoms with Crippen LogP contribution in [0.1, 0.15) is 23.2 Å². The molecule has 1 spiro atoms. The number of hydrogen-bond donors (Lipinski definition) is 1. The van der Waals surface area contributed by atoms with Crippen molar-refractivity contribution in [3.8, 4) is 0 Å². The van der Waals surface area contributed by atoms with Gasteiger partial charge in [0.2, 0.25) is 5.91 Å². The molecule has 3 rings (SSSR count). The van der Waals surface area contributed by atoms with E-state index in [0.717, 1.165) is 29.2 Å². The number of esters is 1. The first-order chi connectivity index (χ1) is 8.64. The zero-order valence-electron chi connectivity index (χ0n) is 9.99. The number of carbonyl (C=O) groups is 2. The molecule has 1 aromatic rings. The zero-order chi connectivity index (χ0) is 12.8. The van der Waals surface area contributed by atoms with Crippen LogP contribution in [0.25, 0.3) is 0 Å². The van der Waals surface area contributed by atoms with E-state index in [2.05, 4.69) is 5.32 Å². The molecule has 1 amide bonds. The van der Waals surface area contributed by atoms with Gasteiger partial charge in [0.05, 0.1) is 23.8 Å². The van der Waals surface area contributed by atoms with Gasteiger partial charge in [0.15, 0.2) is 0 Å². The van der Waals surface area contributed by atoms with Crippen molar-refractivity contribution in [1.29, 1.82) is 0 Å². The van der Waals surface area contributed by atoms with Gasteiger partial charge in [-0.15, -0.1) is 11.8 Å². The average Bonchev–Trinajstić information content (AvgIpc) is 3.18. The Morgan fingerprint density at radius 3 is 2.89 bits per heavy atom. The van der Waals surface area contributed by atoms with Crippen LogP contribution in [0.5, 0.6) is 0 Å². The number of hydrogen-bond acceptors (Lipinski definition) is 4. The summed E-state index contributed by atoms with van der Waals surface area (Å²) < 4.78 is 4.70. The van der Waals surface area contributed by atoms with E-state index in [0.29, 0.717) is 5.56 Å². The SMILES string of the molecule is COC(=O)c1ccc2c(c1)SCC1(CC1)C(=O)N2. The number of thioether (sulfide) groups is 1. The van der Waals surface area contributed by atoms with E-state index in [1.807, 2.05) is 0 Å². The molecule has 1 saturated carbocycles. The highest BCUT2D eigenvalue weighted by Gasteiger charge is 2.50. The molecule has 1 N–H and O–H groups in total. The lowest BCUT2D eigenvalue weighted by molar-refractivity contribution is -0.120. The summed E-state index contributed by atoms with van der Waals surface area (Å²) in [5.74, 6) is 0.547. The molecule has 0 aromatic heterocycles. The van der Waals surface area contributed by atoms with Crippen LogP contribution < -0.4 is 5.32 Å². The fourth-order valence-electron chi connectivity index (χ4n) is 2.05. The van der Waals surface area contributed by atoms with Gasteiger partial charge in [0.25, 0.3) is 0 Å². The molecular formula is C13H13NO3S. The van der Waals surface area contributed by atoms with Crippen molar-refractivity contribution in [3.63, 3.8) is 0 Å². The number of carbonyl (C=O) groups excluding carboxylic acids is 2. The summed E-state index contributed by atoms with van der Waals surface area (Å²) in [7, 11) is 1.36. The minimum atomic E-state index is -0.352. The van der Waals surface area contributed by atoms with Gasteiger partial charge < -0.3 is 10.1 Å². The third-order valence-corrected chi connectivity index (χ3v) is 4.84. The van der Waals surface area contributed by atoms with Crippen molar-refractivity contribution in [2.45, 2.75) is 17.7 Å². The first kappa shape index (κ1) is 11.6. The van der Waals surface area contributed by atoms with Crippen molar-refractivity contribution in [2.24, 2.45) is 5.41 Å². The largest absolute Gasteiger partial charge is 0.465 e. The Morgan fingerprint density at radius 2 is 2.22 bits per heavy atom. The monoisotopic (exact) mass is 263 g/mol. The van der Waals surface area contributed by atoms with Gasteiger partial charge in [-0.25, -0.2) is 4.79 Å². The van der Waals surface area contributed by atoms with Gasteiger partial charge in [-0.05, 0) is 31.0 Å². The quantitative estimate of drug-likeness (QED) is 0.790. The van der Waals surface area contributed by atoms with Crippen LogP contribution in [-0.2, 0) is 9.53 Å². The highest BCUT2D eigenvalue weighted by Crippen LogP contribution is 2.52. The maximum Gasteiger partial charge on any atom is 0.337 e. The number of methoxy groups -OCH3 is 1. The van der Waals surface area contributed by atoms with Crippen LogP contribution in [0.15, 0.2) is 23.1 Å². The third-order valence-electron chi connectivity index (χ3n) is 3.49. The van der Waals surface area contributed by atoms with Gasteiger partial charge in [-0.2, -0.15) is 0 Å². The van der Waals surface area contributed by atoms with Crippen molar-refractivity contribution in [3.05, 3.63) is 23.8 Å². The molecule has 2 aliphatic rings. The minimum Gasteiger partial charge on any atom is -0.465 e. The number of nitrogens with one attached hydrogen (secondary N) is 1. The number of fused-ring (bicyclic) bond motifs is 1. The second kappa shape index (κ2) is 4.02. The molecule has 4 nitrogen and oxygen atoms in total. The molecule has 94 valence electrons. The normalized spacial score (nSPS) is 19.7. The van der Waals surface area contributed by atoms with Gasteiger partial charge in [0.1, 0.15) is 0 Å². The molecule has 0 saturated heterocycles. The summed E-state index contributed by atoms with van der Waals surface area (Å²) in [6.45, 7) is 0. The molecule has 1 aliphatic carbocycles. The zero-order valence-corrected chi connectivity index (χ0v) is 10.8. The molecule has 1 heterocycles. The lowest BCUT2D eigenvalue weighted by atomic mass is 10.1. The predicted octanol–water partition coefficient (Wildman–Crippen LogP) is 2.30. The number of benzene rings is 1.